The summed E-state index contributed by atoms with van der Waals surface area (Å²) in [5.74, 6) is 0.0715. The topological polar surface area (TPSA) is 43.2 Å². The molecule has 8 heteroatoms. The van der Waals surface area contributed by atoms with Crippen LogP contribution in [0.15, 0.2) is 41.0 Å². The van der Waals surface area contributed by atoms with Crippen molar-refractivity contribution in [3.8, 4) is 5.69 Å². The molecule has 5 rings (SSSR count). The lowest BCUT2D eigenvalue weighted by Crippen LogP contribution is -2.36. The van der Waals surface area contributed by atoms with Crippen molar-refractivity contribution in [3.05, 3.63) is 58.5 Å². The first kappa shape index (κ1) is 21.3. The maximum absolute atomic E-state index is 15.0. The van der Waals surface area contributed by atoms with Gasteiger partial charge in [0.1, 0.15) is 28.5 Å². The largest absolute Gasteiger partial charge is 0.378 e. The number of aromatic nitrogens is 3. The van der Waals surface area contributed by atoms with Crippen LogP contribution in [0.3, 0.4) is 0 Å². The van der Waals surface area contributed by atoms with Crippen molar-refractivity contribution in [3.63, 3.8) is 0 Å². The summed E-state index contributed by atoms with van der Waals surface area (Å²) in [7, 11) is 0. The Morgan fingerprint density at radius 2 is 1.81 bits per heavy atom. The predicted molar refractivity (Wildman–Crippen MR) is 126 cm³/mol. The summed E-state index contributed by atoms with van der Waals surface area (Å²) in [6.45, 7) is 7.16. The molecular weight excluding hydrogens is 478 g/mol. The predicted octanol–water partition coefficient (Wildman–Crippen LogP) is 5.65. The highest BCUT2D eigenvalue weighted by Gasteiger charge is 2.22. The lowest BCUT2D eigenvalue weighted by Gasteiger charge is -2.29. The van der Waals surface area contributed by atoms with Crippen LogP contribution in [0.1, 0.15) is 19.7 Å². The van der Waals surface area contributed by atoms with E-state index in [0.29, 0.717) is 31.2 Å². The third-order valence-corrected chi connectivity index (χ3v) is 6.35. The first-order valence-electron chi connectivity index (χ1n) is 10.7. The maximum atomic E-state index is 15.0. The number of pyridine rings is 1. The molecule has 2 aromatic heterocycles. The fourth-order valence-electron chi connectivity index (χ4n) is 4.31. The van der Waals surface area contributed by atoms with Crippen LogP contribution in [0.25, 0.3) is 27.6 Å². The molecule has 2 aromatic carbocycles. The SMILES string of the molecule is CC(C)Cc1nc2c(Br)cc(N3CCOCC3)cc2n1-c1ccnc2c(F)ccc(F)c12. The quantitative estimate of drug-likeness (QED) is 0.363. The molecule has 166 valence electrons. The Morgan fingerprint density at radius 1 is 1.06 bits per heavy atom. The molecule has 0 saturated carbocycles. The monoisotopic (exact) mass is 500 g/mol. The van der Waals surface area contributed by atoms with Gasteiger partial charge in [-0.25, -0.2) is 13.8 Å². The first-order valence-corrected chi connectivity index (χ1v) is 11.5. The fraction of sp³-hybridized carbons (Fsp3) is 0.333. The molecule has 5 nitrogen and oxygen atoms in total. The minimum absolute atomic E-state index is 0.0169. The highest BCUT2D eigenvalue weighted by Crippen LogP contribution is 2.35. The molecule has 1 fully saturated rings. The summed E-state index contributed by atoms with van der Waals surface area (Å²) in [5.41, 5.74) is 3.22. The van der Waals surface area contributed by atoms with E-state index < -0.39 is 11.6 Å². The minimum atomic E-state index is -0.548. The average Bonchev–Trinajstić information content (AvgIpc) is 3.14. The van der Waals surface area contributed by atoms with Gasteiger partial charge in [0.2, 0.25) is 0 Å². The number of rotatable bonds is 4. The van der Waals surface area contributed by atoms with E-state index in [1.54, 1.807) is 6.07 Å². The van der Waals surface area contributed by atoms with E-state index in [-0.39, 0.29) is 10.9 Å². The number of nitrogens with zero attached hydrogens (tertiary/aromatic N) is 4. The standard InChI is InChI=1S/C24H23BrF2N4O/c1-14(2)11-21-29-23-16(25)12-15(30-7-9-32-10-8-30)13-20(23)31(21)19-5-6-28-24-18(27)4-3-17(26)22(19)24/h3-6,12-14H,7-11H2,1-2H3. The molecule has 1 aliphatic heterocycles. The molecule has 0 radical (unpaired) electrons. The van der Waals surface area contributed by atoms with Gasteiger partial charge in [-0.15, -0.1) is 0 Å². The molecule has 0 amide bonds. The van der Waals surface area contributed by atoms with E-state index in [1.807, 2.05) is 4.57 Å². The van der Waals surface area contributed by atoms with Gasteiger partial charge >= 0.3 is 0 Å². The van der Waals surface area contributed by atoms with Crippen molar-refractivity contribution in [2.75, 3.05) is 31.2 Å². The number of hydrogen-bond acceptors (Lipinski definition) is 4. The second kappa shape index (κ2) is 8.41. The normalized spacial score (nSPS) is 14.8. The first-order chi connectivity index (χ1) is 15.4. The Morgan fingerprint density at radius 3 is 2.56 bits per heavy atom. The summed E-state index contributed by atoms with van der Waals surface area (Å²) in [6, 6.07) is 8.13. The molecule has 0 N–H and O–H groups in total. The molecule has 0 bridgehead atoms. The van der Waals surface area contributed by atoms with Crippen LogP contribution >= 0.6 is 15.9 Å². The molecule has 0 unspecified atom stereocenters. The number of halogens is 3. The minimum Gasteiger partial charge on any atom is -0.378 e. The van der Waals surface area contributed by atoms with E-state index in [0.717, 1.165) is 52.2 Å². The van der Waals surface area contributed by atoms with Crippen LogP contribution in [0, 0.1) is 17.6 Å². The highest BCUT2D eigenvalue weighted by molar-refractivity contribution is 9.10. The van der Waals surface area contributed by atoms with E-state index in [2.05, 4.69) is 51.8 Å². The number of anilines is 1. The van der Waals surface area contributed by atoms with Gasteiger partial charge in [0.05, 0.1) is 29.8 Å². The Labute approximate surface area is 193 Å². The van der Waals surface area contributed by atoms with Crippen molar-refractivity contribution < 1.29 is 13.5 Å². The van der Waals surface area contributed by atoms with Gasteiger partial charge < -0.3 is 9.64 Å². The smallest absolute Gasteiger partial charge is 0.149 e. The number of benzene rings is 2. The zero-order valence-electron chi connectivity index (χ0n) is 17.9. The van der Waals surface area contributed by atoms with Gasteiger partial charge in [0, 0.05) is 35.9 Å². The van der Waals surface area contributed by atoms with Crippen molar-refractivity contribution in [2.45, 2.75) is 20.3 Å². The third-order valence-electron chi connectivity index (χ3n) is 5.75. The molecule has 0 atom stereocenters. The second-order valence-corrected chi connectivity index (χ2v) is 9.29. The number of hydrogen-bond donors (Lipinski definition) is 0. The number of fused-ring (bicyclic) bond motifs is 2. The second-order valence-electron chi connectivity index (χ2n) is 8.44. The van der Waals surface area contributed by atoms with Crippen molar-refractivity contribution in [2.24, 2.45) is 5.92 Å². The van der Waals surface area contributed by atoms with Crippen molar-refractivity contribution in [1.29, 1.82) is 0 Å². The average molecular weight is 501 g/mol. The Bertz CT molecular complexity index is 1310. The van der Waals surface area contributed by atoms with Gasteiger partial charge in [-0.1, -0.05) is 13.8 Å². The van der Waals surface area contributed by atoms with Gasteiger partial charge in [-0.3, -0.25) is 9.55 Å². The summed E-state index contributed by atoms with van der Waals surface area (Å²) in [6.07, 6.45) is 2.21. The molecular formula is C24H23BrF2N4O. The van der Waals surface area contributed by atoms with Crippen LogP contribution in [0.5, 0.6) is 0 Å². The van der Waals surface area contributed by atoms with Gasteiger partial charge in [0.15, 0.2) is 0 Å². The Hall–Kier alpha value is -2.58. The molecule has 1 aliphatic rings. The number of imidazole rings is 1. The molecule has 0 aliphatic carbocycles. The van der Waals surface area contributed by atoms with Gasteiger partial charge in [-0.2, -0.15) is 0 Å². The van der Waals surface area contributed by atoms with Gasteiger partial charge in [-0.05, 0) is 52.2 Å². The highest BCUT2D eigenvalue weighted by atomic mass is 79.9. The zero-order valence-corrected chi connectivity index (χ0v) is 19.5. The van der Waals surface area contributed by atoms with Crippen molar-refractivity contribution in [1.82, 2.24) is 14.5 Å². The lowest BCUT2D eigenvalue weighted by molar-refractivity contribution is 0.122. The van der Waals surface area contributed by atoms with Crippen LogP contribution in [-0.2, 0) is 11.2 Å². The van der Waals surface area contributed by atoms with E-state index in [1.165, 1.54) is 6.20 Å². The molecule has 32 heavy (non-hydrogen) atoms. The summed E-state index contributed by atoms with van der Waals surface area (Å²) in [4.78, 5) is 11.3. The van der Waals surface area contributed by atoms with Gasteiger partial charge in [0.25, 0.3) is 0 Å². The zero-order chi connectivity index (χ0) is 22.4. The summed E-state index contributed by atoms with van der Waals surface area (Å²) in [5, 5.41) is 0.157. The third kappa shape index (κ3) is 3.65. The summed E-state index contributed by atoms with van der Waals surface area (Å²) < 4.78 is 37.8. The lowest BCUT2D eigenvalue weighted by atomic mass is 10.1. The Balaban J connectivity index is 1.82. The van der Waals surface area contributed by atoms with Crippen LogP contribution in [0.2, 0.25) is 0 Å². The maximum Gasteiger partial charge on any atom is 0.149 e. The van der Waals surface area contributed by atoms with Crippen LogP contribution in [-0.4, -0.2) is 40.8 Å². The molecule has 4 aromatic rings. The van der Waals surface area contributed by atoms with Crippen molar-refractivity contribution >= 4 is 43.6 Å². The fourth-order valence-corrected chi connectivity index (χ4v) is 4.83. The summed E-state index contributed by atoms with van der Waals surface area (Å²) >= 11 is 3.70. The van der Waals surface area contributed by atoms with Crippen LogP contribution < -0.4 is 4.90 Å². The van der Waals surface area contributed by atoms with E-state index >= 15 is 0 Å². The Kier molecular flexibility index (Phi) is 5.59. The van der Waals surface area contributed by atoms with Crippen LogP contribution in [0.4, 0.5) is 14.5 Å². The van der Waals surface area contributed by atoms with E-state index in [9.17, 15) is 8.78 Å². The molecule has 0 spiro atoms. The molecule has 3 heterocycles. The number of morpholine rings is 1. The molecule has 1 saturated heterocycles. The van der Waals surface area contributed by atoms with E-state index in [4.69, 9.17) is 9.72 Å². The number of ether oxygens (including phenoxy) is 1.